The lowest BCUT2D eigenvalue weighted by Crippen LogP contribution is -2.24. The van der Waals surface area contributed by atoms with Crippen LogP contribution in [0.2, 0.25) is 0 Å². The topological polar surface area (TPSA) is 68.0 Å². The van der Waals surface area contributed by atoms with Crippen molar-refractivity contribution >= 4 is 45.5 Å². The molecule has 0 aliphatic rings. The van der Waals surface area contributed by atoms with Gasteiger partial charge in [0.05, 0.1) is 22.2 Å². The molecule has 0 atom stereocenters. The molecule has 0 bridgehead atoms. The lowest BCUT2D eigenvalue weighted by molar-refractivity contribution is -0.118. The zero-order valence-corrected chi connectivity index (χ0v) is 12.3. The van der Waals surface area contributed by atoms with Gasteiger partial charge < -0.3 is 11.1 Å². The standard InChI is InChI=1S/C11H13N3OS3/c1-7-10(18-11(12)14-7)17-6-9(15)13-5-8-3-2-4-16-8/h2-4H,5-6H2,1H3,(H2,12,14)(H,13,15). The largest absolute Gasteiger partial charge is 0.375 e. The van der Waals surface area contributed by atoms with Crippen molar-refractivity contribution < 1.29 is 4.79 Å². The number of carbonyl (C=O) groups is 1. The molecule has 0 spiro atoms. The van der Waals surface area contributed by atoms with Gasteiger partial charge in [0.2, 0.25) is 5.91 Å². The third kappa shape index (κ3) is 3.72. The van der Waals surface area contributed by atoms with Crippen LogP contribution in [0.1, 0.15) is 10.6 Å². The highest BCUT2D eigenvalue weighted by Crippen LogP contribution is 2.30. The molecule has 0 saturated heterocycles. The van der Waals surface area contributed by atoms with Gasteiger partial charge in [0.15, 0.2) is 5.13 Å². The number of thioether (sulfide) groups is 1. The maximum Gasteiger partial charge on any atom is 0.230 e. The van der Waals surface area contributed by atoms with Crippen molar-refractivity contribution in [3.8, 4) is 0 Å². The number of nitrogens with zero attached hydrogens (tertiary/aromatic N) is 1. The summed E-state index contributed by atoms with van der Waals surface area (Å²) < 4.78 is 1.01. The monoisotopic (exact) mass is 299 g/mol. The van der Waals surface area contributed by atoms with Crippen LogP contribution in [0.25, 0.3) is 0 Å². The molecular weight excluding hydrogens is 286 g/mol. The maximum atomic E-state index is 11.7. The summed E-state index contributed by atoms with van der Waals surface area (Å²) in [5, 5.41) is 5.43. The number of aryl methyl sites for hydroxylation is 1. The summed E-state index contributed by atoms with van der Waals surface area (Å²) in [6.07, 6.45) is 0. The van der Waals surface area contributed by atoms with E-state index in [0.717, 1.165) is 14.8 Å². The normalized spacial score (nSPS) is 10.5. The van der Waals surface area contributed by atoms with Gasteiger partial charge in [-0.2, -0.15) is 0 Å². The minimum atomic E-state index is 0.0276. The first kappa shape index (κ1) is 13.4. The number of thiophene rings is 1. The number of carbonyl (C=O) groups excluding carboxylic acids is 1. The Kier molecular flexibility index (Phi) is 4.62. The van der Waals surface area contributed by atoms with Crippen LogP contribution >= 0.6 is 34.4 Å². The second kappa shape index (κ2) is 6.21. The number of nitrogens with two attached hydrogens (primary N) is 1. The van der Waals surface area contributed by atoms with Crippen LogP contribution in [0.5, 0.6) is 0 Å². The van der Waals surface area contributed by atoms with E-state index < -0.39 is 0 Å². The Morgan fingerprint density at radius 1 is 1.61 bits per heavy atom. The zero-order valence-electron chi connectivity index (χ0n) is 9.80. The van der Waals surface area contributed by atoms with E-state index in [-0.39, 0.29) is 5.91 Å². The number of thiazole rings is 1. The van der Waals surface area contributed by atoms with Gasteiger partial charge in [-0.05, 0) is 18.4 Å². The molecule has 0 aromatic carbocycles. The van der Waals surface area contributed by atoms with E-state index in [1.807, 2.05) is 24.4 Å². The fraction of sp³-hybridized carbons (Fsp3) is 0.273. The molecule has 18 heavy (non-hydrogen) atoms. The molecule has 96 valence electrons. The van der Waals surface area contributed by atoms with Crippen LogP contribution in [0, 0.1) is 6.92 Å². The maximum absolute atomic E-state index is 11.7. The average molecular weight is 299 g/mol. The van der Waals surface area contributed by atoms with Crippen molar-refractivity contribution in [3.63, 3.8) is 0 Å². The van der Waals surface area contributed by atoms with Crippen LogP contribution in [-0.2, 0) is 11.3 Å². The van der Waals surface area contributed by atoms with Gasteiger partial charge >= 0.3 is 0 Å². The molecule has 0 fully saturated rings. The van der Waals surface area contributed by atoms with Crippen molar-refractivity contribution in [3.05, 3.63) is 28.1 Å². The fourth-order valence-electron chi connectivity index (χ4n) is 1.32. The number of hydrogen-bond acceptors (Lipinski definition) is 6. The summed E-state index contributed by atoms with van der Waals surface area (Å²) >= 11 is 4.54. The molecule has 2 heterocycles. The van der Waals surface area contributed by atoms with Crippen LogP contribution < -0.4 is 11.1 Å². The number of amides is 1. The van der Waals surface area contributed by atoms with E-state index in [4.69, 9.17) is 5.73 Å². The quantitative estimate of drug-likeness (QED) is 0.832. The number of nitrogen functional groups attached to an aromatic ring is 1. The summed E-state index contributed by atoms with van der Waals surface area (Å²) in [6, 6.07) is 3.98. The van der Waals surface area contributed by atoms with E-state index in [0.29, 0.717) is 17.4 Å². The zero-order chi connectivity index (χ0) is 13.0. The van der Waals surface area contributed by atoms with Crippen LogP contribution in [-0.4, -0.2) is 16.6 Å². The molecular formula is C11H13N3OS3. The predicted octanol–water partition coefficient (Wildman–Crippen LogP) is 2.50. The summed E-state index contributed by atoms with van der Waals surface area (Å²) in [6.45, 7) is 2.50. The smallest absolute Gasteiger partial charge is 0.230 e. The molecule has 1 amide bonds. The molecule has 0 aliphatic heterocycles. The Hall–Kier alpha value is -1.05. The lowest BCUT2D eigenvalue weighted by Gasteiger charge is -2.02. The third-order valence-electron chi connectivity index (χ3n) is 2.14. The Balaban J connectivity index is 1.76. The van der Waals surface area contributed by atoms with Crippen LogP contribution in [0.3, 0.4) is 0 Å². The van der Waals surface area contributed by atoms with Crippen LogP contribution in [0.4, 0.5) is 5.13 Å². The number of anilines is 1. The van der Waals surface area contributed by atoms with E-state index in [1.165, 1.54) is 23.1 Å². The van der Waals surface area contributed by atoms with Gasteiger partial charge in [-0.15, -0.1) is 23.1 Å². The SMILES string of the molecule is Cc1nc(N)sc1SCC(=O)NCc1cccs1. The number of nitrogens with one attached hydrogen (secondary N) is 1. The molecule has 0 radical (unpaired) electrons. The molecule has 2 aromatic rings. The Labute approximate surface area is 118 Å². The summed E-state index contributed by atoms with van der Waals surface area (Å²) in [4.78, 5) is 16.9. The van der Waals surface area contributed by atoms with Gasteiger partial charge in [-0.3, -0.25) is 4.79 Å². The molecule has 4 nitrogen and oxygen atoms in total. The van der Waals surface area contributed by atoms with E-state index in [2.05, 4.69) is 10.3 Å². The first-order valence-electron chi connectivity index (χ1n) is 5.30. The van der Waals surface area contributed by atoms with Crippen molar-refractivity contribution in [2.75, 3.05) is 11.5 Å². The van der Waals surface area contributed by atoms with Gasteiger partial charge in [-0.25, -0.2) is 4.98 Å². The van der Waals surface area contributed by atoms with E-state index >= 15 is 0 Å². The van der Waals surface area contributed by atoms with Crippen molar-refractivity contribution in [2.45, 2.75) is 17.7 Å². The number of rotatable bonds is 5. The molecule has 0 unspecified atom stereocenters. The number of aromatic nitrogens is 1. The highest BCUT2D eigenvalue weighted by molar-refractivity contribution is 8.01. The third-order valence-corrected chi connectivity index (χ3v) is 5.37. The van der Waals surface area contributed by atoms with Crippen LogP contribution in [0.15, 0.2) is 21.7 Å². The molecule has 3 N–H and O–H groups in total. The molecule has 2 aromatic heterocycles. The highest BCUT2D eigenvalue weighted by atomic mass is 32.2. The Bertz CT molecular complexity index is 522. The summed E-state index contributed by atoms with van der Waals surface area (Å²) in [5.74, 6) is 0.424. The molecule has 7 heteroatoms. The first-order chi connectivity index (χ1) is 8.65. The molecule has 2 rings (SSSR count). The van der Waals surface area contributed by atoms with Gasteiger partial charge in [0, 0.05) is 4.88 Å². The van der Waals surface area contributed by atoms with Crippen molar-refractivity contribution in [1.29, 1.82) is 0 Å². The van der Waals surface area contributed by atoms with Gasteiger partial charge in [0.1, 0.15) is 0 Å². The predicted molar refractivity (Wildman–Crippen MR) is 78.2 cm³/mol. The van der Waals surface area contributed by atoms with Crippen molar-refractivity contribution in [1.82, 2.24) is 10.3 Å². The van der Waals surface area contributed by atoms with Gasteiger partial charge in [0.25, 0.3) is 0 Å². The lowest BCUT2D eigenvalue weighted by atomic mass is 10.4. The fourth-order valence-corrected chi connectivity index (χ4v) is 3.82. The first-order valence-corrected chi connectivity index (χ1v) is 7.98. The van der Waals surface area contributed by atoms with Crippen molar-refractivity contribution in [2.24, 2.45) is 0 Å². The highest BCUT2D eigenvalue weighted by Gasteiger charge is 2.09. The van der Waals surface area contributed by atoms with Gasteiger partial charge in [-0.1, -0.05) is 17.4 Å². The Morgan fingerprint density at radius 3 is 3.06 bits per heavy atom. The second-order valence-corrected chi connectivity index (χ2v) is 6.88. The molecule has 0 saturated carbocycles. The second-order valence-electron chi connectivity index (χ2n) is 3.57. The number of hydrogen-bond donors (Lipinski definition) is 2. The summed E-state index contributed by atoms with van der Waals surface area (Å²) in [5.41, 5.74) is 6.50. The average Bonchev–Trinajstić information content (AvgIpc) is 2.94. The molecule has 0 aliphatic carbocycles. The minimum absolute atomic E-state index is 0.0276. The van der Waals surface area contributed by atoms with E-state index in [9.17, 15) is 4.79 Å². The Morgan fingerprint density at radius 2 is 2.44 bits per heavy atom. The van der Waals surface area contributed by atoms with E-state index in [1.54, 1.807) is 11.3 Å². The minimum Gasteiger partial charge on any atom is -0.375 e. The summed E-state index contributed by atoms with van der Waals surface area (Å²) in [7, 11) is 0.